The van der Waals surface area contributed by atoms with Crippen molar-refractivity contribution in [2.24, 2.45) is 17.6 Å². The number of hydrogen-bond donors (Lipinski definition) is 3. The minimum absolute atomic E-state index is 0. The fraction of sp³-hybridized carbons (Fsp3) is 0.556. The zero-order chi connectivity index (χ0) is 16.2. The zero-order valence-corrected chi connectivity index (χ0v) is 14.6. The largest absolute Gasteiger partial charge is 0.352 e. The first-order chi connectivity index (χ1) is 11.2. The van der Waals surface area contributed by atoms with Gasteiger partial charge in [-0.15, -0.1) is 12.4 Å². The van der Waals surface area contributed by atoms with E-state index in [4.69, 9.17) is 5.73 Å². The molecule has 1 aromatic rings. The van der Waals surface area contributed by atoms with Gasteiger partial charge in [-0.05, 0) is 55.8 Å². The van der Waals surface area contributed by atoms with E-state index in [0.717, 1.165) is 37.7 Å². The second-order valence-corrected chi connectivity index (χ2v) is 6.70. The van der Waals surface area contributed by atoms with Crippen LogP contribution in [0.4, 0.5) is 0 Å². The molecule has 2 aliphatic rings. The molecule has 0 radical (unpaired) electrons. The van der Waals surface area contributed by atoms with Crippen LogP contribution in [0.2, 0.25) is 0 Å². The topological polar surface area (TPSA) is 84.2 Å². The molecular formula is C18H26ClN3O2. The van der Waals surface area contributed by atoms with Gasteiger partial charge in [-0.25, -0.2) is 0 Å². The fourth-order valence-corrected chi connectivity index (χ4v) is 3.30. The summed E-state index contributed by atoms with van der Waals surface area (Å²) in [5.74, 6) is 0.414. The van der Waals surface area contributed by atoms with Gasteiger partial charge >= 0.3 is 0 Å². The van der Waals surface area contributed by atoms with Gasteiger partial charge in [-0.1, -0.05) is 18.6 Å². The summed E-state index contributed by atoms with van der Waals surface area (Å²) in [7, 11) is 0. The van der Waals surface area contributed by atoms with Crippen LogP contribution in [-0.4, -0.2) is 24.4 Å². The van der Waals surface area contributed by atoms with Crippen molar-refractivity contribution in [1.82, 2.24) is 10.6 Å². The quantitative estimate of drug-likeness (QED) is 0.732. The summed E-state index contributed by atoms with van der Waals surface area (Å²) in [4.78, 5) is 24.4. The first-order valence-electron chi connectivity index (χ1n) is 8.55. The van der Waals surface area contributed by atoms with E-state index in [2.05, 4.69) is 10.6 Å². The molecule has 2 fully saturated rings. The molecule has 0 bridgehead atoms. The van der Waals surface area contributed by atoms with Crippen molar-refractivity contribution in [3.63, 3.8) is 0 Å². The highest BCUT2D eigenvalue weighted by Crippen LogP contribution is 2.31. The van der Waals surface area contributed by atoms with Crippen LogP contribution in [0.5, 0.6) is 0 Å². The number of carbonyl (C=O) groups is 2. The molecule has 0 saturated heterocycles. The maximum atomic E-state index is 12.3. The molecule has 5 nitrogen and oxygen atoms in total. The average molecular weight is 352 g/mol. The molecule has 2 atom stereocenters. The average Bonchev–Trinajstić information content (AvgIpc) is 3.25. The molecular weight excluding hydrogens is 326 g/mol. The lowest BCUT2D eigenvalue weighted by molar-refractivity contribution is -0.126. The Kier molecular flexibility index (Phi) is 6.63. The SMILES string of the molecule is Cl.NC[C@H]1CCC[C@H]1C(=O)NCc1cccc(C(=O)NC2CC2)c1. The summed E-state index contributed by atoms with van der Waals surface area (Å²) in [6.07, 6.45) is 5.20. The number of rotatable bonds is 6. The summed E-state index contributed by atoms with van der Waals surface area (Å²) in [6.45, 7) is 1.03. The lowest BCUT2D eigenvalue weighted by atomic mass is 9.95. The highest BCUT2D eigenvalue weighted by Gasteiger charge is 2.31. The van der Waals surface area contributed by atoms with Gasteiger partial charge in [0.05, 0.1) is 0 Å². The van der Waals surface area contributed by atoms with Crippen molar-refractivity contribution < 1.29 is 9.59 Å². The molecule has 24 heavy (non-hydrogen) atoms. The number of hydrogen-bond acceptors (Lipinski definition) is 3. The van der Waals surface area contributed by atoms with Crippen LogP contribution in [0, 0.1) is 11.8 Å². The maximum Gasteiger partial charge on any atom is 0.251 e. The number of benzene rings is 1. The van der Waals surface area contributed by atoms with E-state index in [1.807, 2.05) is 24.3 Å². The van der Waals surface area contributed by atoms with Gasteiger partial charge in [-0.2, -0.15) is 0 Å². The minimum Gasteiger partial charge on any atom is -0.352 e. The smallest absolute Gasteiger partial charge is 0.251 e. The molecule has 1 aromatic carbocycles. The summed E-state index contributed by atoms with van der Waals surface area (Å²) < 4.78 is 0. The highest BCUT2D eigenvalue weighted by atomic mass is 35.5. The van der Waals surface area contributed by atoms with Crippen LogP contribution in [-0.2, 0) is 11.3 Å². The van der Waals surface area contributed by atoms with E-state index in [1.54, 1.807) is 0 Å². The summed E-state index contributed by atoms with van der Waals surface area (Å²) >= 11 is 0. The van der Waals surface area contributed by atoms with Gasteiger partial charge in [0.25, 0.3) is 5.91 Å². The standard InChI is InChI=1S/C18H25N3O2.ClH/c19-10-14-5-2-6-16(14)18(23)20-11-12-3-1-4-13(9-12)17(22)21-15-7-8-15;/h1,3-4,9,14-16H,2,5-8,10-11,19H2,(H,20,23)(H,21,22);1H/t14-,16-;/m1./s1. The number of nitrogens with one attached hydrogen (secondary N) is 2. The van der Waals surface area contributed by atoms with Gasteiger partial charge in [0, 0.05) is 24.1 Å². The Morgan fingerprint density at radius 3 is 2.67 bits per heavy atom. The van der Waals surface area contributed by atoms with Crippen LogP contribution in [0.3, 0.4) is 0 Å². The van der Waals surface area contributed by atoms with Gasteiger partial charge < -0.3 is 16.4 Å². The molecule has 0 spiro atoms. The molecule has 0 aliphatic heterocycles. The van der Waals surface area contributed by atoms with Crippen LogP contribution in [0.15, 0.2) is 24.3 Å². The van der Waals surface area contributed by atoms with Crippen molar-refractivity contribution in [3.05, 3.63) is 35.4 Å². The maximum absolute atomic E-state index is 12.3. The predicted octanol–water partition coefficient (Wildman–Crippen LogP) is 1.99. The molecule has 2 amide bonds. The highest BCUT2D eigenvalue weighted by molar-refractivity contribution is 5.94. The first-order valence-corrected chi connectivity index (χ1v) is 8.55. The number of nitrogens with two attached hydrogens (primary N) is 1. The summed E-state index contributed by atoms with van der Waals surface area (Å²) in [5.41, 5.74) is 7.35. The van der Waals surface area contributed by atoms with Gasteiger partial charge in [0.1, 0.15) is 0 Å². The van der Waals surface area contributed by atoms with Crippen molar-refractivity contribution in [2.75, 3.05) is 6.54 Å². The Morgan fingerprint density at radius 2 is 1.96 bits per heavy atom. The molecule has 132 valence electrons. The number of carbonyl (C=O) groups excluding carboxylic acids is 2. The van der Waals surface area contributed by atoms with Crippen molar-refractivity contribution in [1.29, 1.82) is 0 Å². The van der Waals surface area contributed by atoms with E-state index < -0.39 is 0 Å². The Labute approximate surface area is 149 Å². The molecule has 2 saturated carbocycles. The monoisotopic (exact) mass is 351 g/mol. The van der Waals surface area contributed by atoms with E-state index >= 15 is 0 Å². The third-order valence-corrected chi connectivity index (χ3v) is 4.87. The van der Waals surface area contributed by atoms with Crippen LogP contribution in [0.1, 0.15) is 48.0 Å². The summed E-state index contributed by atoms with van der Waals surface area (Å²) in [6, 6.07) is 7.81. The molecule has 0 unspecified atom stereocenters. The Bertz CT molecular complexity index is 589. The van der Waals surface area contributed by atoms with Gasteiger partial charge in [0.2, 0.25) is 5.91 Å². The normalized spacial score (nSPS) is 22.5. The number of amides is 2. The van der Waals surface area contributed by atoms with Gasteiger partial charge in [-0.3, -0.25) is 9.59 Å². The second-order valence-electron chi connectivity index (χ2n) is 6.70. The first kappa shape index (κ1) is 18.7. The Hall–Kier alpha value is -1.59. The van der Waals surface area contributed by atoms with E-state index in [-0.39, 0.29) is 30.1 Å². The van der Waals surface area contributed by atoms with Crippen LogP contribution >= 0.6 is 12.4 Å². The molecule has 4 N–H and O–H groups in total. The van der Waals surface area contributed by atoms with Crippen LogP contribution in [0.25, 0.3) is 0 Å². The van der Waals surface area contributed by atoms with E-state index in [1.165, 1.54) is 0 Å². The van der Waals surface area contributed by atoms with Crippen LogP contribution < -0.4 is 16.4 Å². The second kappa shape index (κ2) is 8.49. The zero-order valence-electron chi connectivity index (χ0n) is 13.8. The van der Waals surface area contributed by atoms with Crippen molar-refractivity contribution >= 4 is 24.2 Å². The lowest BCUT2D eigenvalue weighted by Gasteiger charge is -2.17. The van der Waals surface area contributed by atoms with Gasteiger partial charge in [0.15, 0.2) is 0 Å². The molecule has 2 aliphatic carbocycles. The summed E-state index contributed by atoms with van der Waals surface area (Å²) in [5, 5.41) is 5.98. The molecule has 0 heterocycles. The molecule has 6 heteroatoms. The molecule has 3 rings (SSSR count). The third-order valence-electron chi connectivity index (χ3n) is 4.87. The van der Waals surface area contributed by atoms with Crippen molar-refractivity contribution in [3.8, 4) is 0 Å². The van der Waals surface area contributed by atoms with Crippen molar-refractivity contribution in [2.45, 2.75) is 44.7 Å². The number of halogens is 1. The molecule has 0 aromatic heterocycles. The Morgan fingerprint density at radius 1 is 1.17 bits per heavy atom. The van der Waals surface area contributed by atoms with E-state index in [0.29, 0.717) is 30.6 Å². The lowest BCUT2D eigenvalue weighted by Crippen LogP contribution is -2.34. The fourth-order valence-electron chi connectivity index (χ4n) is 3.30. The predicted molar refractivity (Wildman–Crippen MR) is 95.9 cm³/mol. The Balaban J connectivity index is 0.00000208. The third kappa shape index (κ3) is 4.71. The minimum atomic E-state index is -0.0281. The van der Waals surface area contributed by atoms with E-state index in [9.17, 15) is 9.59 Å².